The molecule has 2 heterocycles. The van der Waals surface area contributed by atoms with Gasteiger partial charge in [-0.2, -0.15) is 0 Å². The highest BCUT2D eigenvalue weighted by molar-refractivity contribution is 5.92. The van der Waals surface area contributed by atoms with Gasteiger partial charge in [0, 0.05) is 23.1 Å². The summed E-state index contributed by atoms with van der Waals surface area (Å²) in [6.07, 6.45) is 5.97. The van der Waals surface area contributed by atoms with Crippen LogP contribution in [0.3, 0.4) is 0 Å². The topological polar surface area (TPSA) is 67.2 Å². The summed E-state index contributed by atoms with van der Waals surface area (Å²) in [5.74, 6) is 2.40. The third-order valence-electron chi connectivity index (χ3n) is 4.60. The van der Waals surface area contributed by atoms with Crippen molar-refractivity contribution in [3.63, 3.8) is 0 Å². The first-order chi connectivity index (χ1) is 11.3. The molecular weight excluding hydrogens is 290 g/mol. The largest absolute Gasteiger partial charge is 0.440 e. The van der Waals surface area contributed by atoms with E-state index in [4.69, 9.17) is 4.42 Å². The Hall–Kier alpha value is -2.14. The third-order valence-corrected chi connectivity index (χ3v) is 4.60. The predicted octanol–water partition coefficient (Wildman–Crippen LogP) is 3.16. The van der Waals surface area contributed by atoms with Crippen LogP contribution in [0.5, 0.6) is 0 Å². The molecular formula is C18H21N3O2. The van der Waals surface area contributed by atoms with Gasteiger partial charge in [-0.1, -0.05) is 0 Å². The fraction of sp³-hybridized carbons (Fsp3) is 0.444. The maximum Gasteiger partial charge on any atom is 0.227 e. The standard InChI is InChI=1S/C18H21N3O2/c22-17(13-7-9-19-10-8-13)21-15-5-3-12(4-6-15)16-11-20-18(23-16)14-1-2-14/h3-6,11,13-14,19H,1-2,7-10H2,(H,21,22). The van der Waals surface area contributed by atoms with Gasteiger partial charge in [-0.15, -0.1) is 0 Å². The smallest absolute Gasteiger partial charge is 0.227 e. The summed E-state index contributed by atoms with van der Waals surface area (Å²) in [5, 5.41) is 6.29. The number of nitrogens with zero attached hydrogens (tertiary/aromatic N) is 1. The Morgan fingerprint density at radius 2 is 1.87 bits per heavy atom. The number of oxazole rings is 1. The Bertz CT molecular complexity index is 683. The van der Waals surface area contributed by atoms with E-state index in [1.807, 2.05) is 24.3 Å². The number of hydrogen-bond donors (Lipinski definition) is 2. The third kappa shape index (κ3) is 3.29. The minimum absolute atomic E-state index is 0.117. The van der Waals surface area contributed by atoms with Crippen molar-refractivity contribution >= 4 is 11.6 Å². The second kappa shape index (κ2) is 6.16. The van der Waals surface area contributed by atoms with Crippen molar-refractivity contribution in [3.05, 3.63) is 36.4 Å². The van der Waals surface area contributed by atoms with Gasteiger partial charge >= 0.3 is 0 Å². The molecule has 5 nitrogen and oxygen atoms in total. The first kappa shape index (κ1) is 14.5. The van der Waals surface area contributed by atoms with Gasteiger partial charge in [0.05, 0.1) is 6.20 Å². The number of carbonyl (C=O) groups is 1. The van der Waals surface area contributed by atoms with Gasteiger partial charge in [-0.3, -0.25) is 4.79 Å². The highest BCUT2D eigenvalue weighted by Gasteiger charge is 2.28. The molecule has 1 aliphatic heterocycles. The van der Waals surface area contributed by atoms with Crippen molar-refractivity contribution in [2.24, 2.45) is 5.92 Å². The van der Waals surface area contributed by atoms with Gasteiger partial charge in [0.2, 0.25) is 5.91 Å². The Morgan fingerprint density at radius 3 is 2.57 bits per heavy atom. The molecule has 1 saturated heterocycles. The van der Waals surface area contributed by atoms with Crippen LogP contribution in [0.2, 0.25) is 0 Å². The van der Waals surface area contributed by atoms with E-state index in [-0.39, 0.29) is 11.8 Å². The minimum Gasteiger partial charge on any atom is -0.440 e. The van der Waals surface area contributed by atoms with Crippen LogP contribution >= 0.6 is 0 Å². The number of anilines is 1. The molecule has 1 saturated carbocycles. The molecule has 4 rings (SSSR count). The van der Waals surface area contributed by atoms with E-state index in [2.05, 4.69) is 15.6 Å². The van der Waals surface area contributed by atoms with E-state index >= 15 is 0 Å². The van der Waals surface area contributed by atoms with Crippen LogP contribution in [0, 0.1) is 5.92 Å². The van der Waals surface area contributed by atoms with E-state index in [1.54, 1.807) is 6.20 Å². The lowest BCUT2D eigenvalue weighted by Crippen LogP contribution is -2.34. The average molecular weight is 311 g/mol. The summed E-state index contributed by atoms with van der Waals surface area (Å²) in [6, 6.07) is 7.78. The van der Waals surface area contributed by atoms with Crippen LogP contribution in [0.15, 0.2) is 34.9 Å². The second-order valence-electron chi connectivity index (χ2n) is 6.43. The zero-order chi connectivity index (χ0) is 15.6. The summed E-state index contributed by atoms with van der Waals surface area (Å²) in [6.45, 7) is 1.84. The number of hydrogen-bond acceptors (Lipinski definition) is 4. The molecule has 0 unspecified atom stereocenters. The fourth-order valence-electron chi connectivity index (χ4n) is 2.99. The van der Waals surface area contributed by atoms with Crippen molar-refractivity contribution < 1.29 is 9.21 Å². The van der Waals surface area contributed by atoms with Crippen LogP contribution in [-0.4, -0.2) is 24.0 Å². The monoisotopic (exact) mass is 311 g/mol. The zero-order valence-corrected chi connectivity index (χ0v) is 13.0. The van der Waals surface area contributed by atoms with Crippen molar-refractivity contribution in [1.29, 1.82) is 0 Å². The summed E-state index contributed by atoms with van der Waals surface area (Å²) < 4.78 is 5.80. The minimum atomic E-state index is 0.117. The summed E-state index contributed by atoms with van der Waals surface area (Å²) in [4.78, 5) is 16.6. The number of amides is 1. The van der Waals surface area contributed by atoms with Crippen LogP contribution in [0.4, 0.5) is 5.69 Å². The van der Waals surface area contributed by atoms with Crippen LogP contribution < -0.4 is 10.6 Å². The van der Waals surface area contributed by atoms with Gasteiger partial charge in [-0.25, -0.2) is 4.98 Å². The Morgan fingerprint density at radius 1 is 1.13 bits per heavy atom. The Labute approximate surface area is 135 Å². The number of carbonyl (C=O) groups excluding carboxylic acids is 1. The molecule has 0 atom stereocenters. The number of aromatic nitrogens is 1. The summed E-state index contributed by atoms with van der Waals surface area (Å²) in [7, 11) is 0. The van der Waals surface area contributed by atoms with Gasteiger partial charge in [0.15, 0.2) is 11.7 Å². The quantitative estimate of drug-likeness (QED) is 0.910. The molecule has 2 N–H and O–H groups in total. The maximum atomic E-state index is 12.2. The van der Waals surface area contributed by atoms with Gasteiger partial charge in [0.1, 0.15) is 0 Å². The van der Waals surface area contributed by atoms with E-state index in [0.29, 0.717) is 5.92 Å². The van der Waals surface area contributed by atoms with E-state index in [1.165, 1.54) is 12.8 Å². The van der Waals surface area contributed by atoms with Gasteiger partial charge in [0.25, 0.3) is 0 Å². The molecule has 2 fully saturated rings. The van der Waals surface area contributed by atoms with Crippen molar-refractivity contribution in [1.82, 2.24) is 10.3 Å². The SMILES string of the molecule is O=C(Nc1ccc(-c2cnc(C3CC3)o2)cc1)C1CCNCC1. The zero-order valence-electron chi connectivity index (χ0n) is 13.0. The molecule has 2 aromatic rings. The lowest BCUT2D eigenvalue weighted by atomic mass is 9.97. The number of nitrogens with one attached hydrogen (secondary N) is 2. The van der Waals surface area contributed by atoms with Crippen molar-refractivity contribution in [2.45, 2.75) is 31.6 Å². The lowest BCUT2D eigenvalue weighted by Gasteiger charge is -2.21. The molecule has 1 amide bonds. The van der Waals surface area contributed by atoms with Crippen molar-refractivity contribution in [3.8, 4) is 11.3 Å². The first-order valence-corrected chi connectivity index (χ1v) is 8.37. The van der Waals surface area contributed by atoms with E-state index in [9.17, 15) is 4.79 Å². The number of benzene rings is 1. The second-order valence-corrected chi connectivity index (χ2v) is 6.43. The van der Waals surface area contributed by atoms with Crippen molar-refractivity contribution in [2.75, 3.05) is 18.4 Å². The molecule has 1 aliphatic carbocycles. The normalized spacial score (nSPS) is 18.8. The maximum absolute atomic E-state index is 12.2. The van der Waals surface area contributed by atoms with E-state index in [0.717, 1.165) is 48.8 Å². The molecule has 2 aliphatic rings. The van der Waals surface area contributed by atoms with Crippen LogP contribution in [0.1, 0.15) is 37.5 Å². The Balaban J connectivity index is 1.41. The number of piperidine rings is 1. The molecule has 0 spiro atoms. The highest BCUT2D eigenvalue weighted by Crippen LogP contribution is 2.40. The van der Waals surface area contributed by atoms with E-state index < -0.39 is 0 Å². The average Bonchev–Trinajstić information content (AvgIpc) is 3.34. The van der Waals surface area contributed by atoms with Crippen LogP contribution in [-0.2, 0) is 4.79 Å². The molecule has 0 bridgehead atoms. The van der Waals surface area contributed by atoms with Gasteiger partial charge in [-0.05, 0) is 63.0 Å². The highest BCUT2D eigenvalue weighted by atomic mass is 16.4. The molecule has 120 valence electrons. The molecule has 0 radical (unpaired) electrons. The summed E-state index contributed by atoms with van der Waals surface area (Å²) >= 11 is 0. The number of rotatable bonds is 4. The summed E-state index contributed by atoms with van der Waals surface area (Å²) in [5.41, 5.74) is 1.82. The lowest BCUT2D eigenvalue weighted by molar-refractivity contribution is -0.120. The predicted molar refractivity (Wildman–Crippen MR) is 88.1 cm³/mol. The molecule has 1 aromatic heterocycles. The molecule has 23 heavy (non-hydrogen) atoms. The first-order valence-electron chi connectivity index (χ1n) is 8.37. The molecule has 1 aromatic carbocycles. The van der Waals surface area contributed by atoms with Gasteiger partial charge < -0.3 is 15.1 Å². The molecule has 5 heteroatoms. The van der Waals surface area contributed by atoms with Crippen LogP contribution in [0.25, 0.3) is 11.3 Å². The Kier molecular flexibility index (Phi) is 3.87. The fourth-order valence-corrected chi connectivity index (χ4v) is 2.99.